The fraction of sp³-hybridized carbons (Fsp3) is 0.603. The molecule has 74 heavy (non-hydrogen) atoms. The van der Waals surface area contributed by atoms with E-state index in [0.29, 0.717) is 25.7 Å². The molecule has 416 valence electrons. The van der Waals surface area contributed by atoms with Crippen molar-refractivity contribution in [2.24, 2.45) is 0 Å². The van der Waals surface area contributed by atoms with Gasteiger partial charge in [0.15, 0.2) is 6.10 Å². The van der Waals surface area contributed by atoms with Crippen LogP contribution in [0.4, 0.5) is 0 Å². The van der Waals surface area contributed by atoms with Crippen LogP contribution in [0, 0.1) is 0 Å². The maximum Gasteiger partial charge on any atom is 0.306 e. The average molecular weight is 1020 g/mol. The van der Waals surface area contributed by atoms with Gasteiger partial charge in [-0.15, -0.1) is 0 Å². The Morgan fingerprint density at radius 1 is 0.284 bits per heavy atom. The zero-order valence-corrected chi connectivity index (χ0v) is 47.5. The average Bonchev–Trinajstić information content (AvgIpc) is 3.40. The molecule has 0 fully saturated rings. The molecule has 0 spiro atoms. The van der Waals surface area contributed by atoms with Crippen molar-refractivity contribution in [2.45, 2.75) is 252 Å². The van der Waals surface area contributed by atoms with Gasteiger partial charge in [0.2, 0.25) is 0 Å². The molecule has 0 aliphatic carbocycles. The number of carbonyl (C=O) groups excluding carboxylic acids is 3. The monoisotopic (exact) mass is 1020 g/mol. The van der Waals surface area contributed by atoms with Gasteiger partial charge in [0.25, 0.3) is 0 Å². The molecular weight excluding hydrogens is 913 g/mol. The Kier molecular flexibility index (Phi) is 57.0. The maximum absolute atomic E-state index is 12.8. The lowest BCUT2D eigenvalue weighted by Gasteiger charge is -2.18. The molecule has 0 amide bonds. The predicted octanol–water partition coefficient (Wildman–Crippen LogP) is 20.4. The number of unbranched alkanes of at least 4 members (excludes halogenated alkanes) is 17. The minimum absolute atomic E-state index is 0.104. The molecule has 1 unspecified atom stereocenters. The molecule has 0 aliphatic heterocycles. The third kappa shape index (κ3) is 58.2. The van der Waals surface area contributed by atoms with Crippen molar-refractivity contribution >= 4 is 17.9 Å². The van der Waals surface area contributed by atoms with Crippen LogP contribution < -0.4 is 0 Å². The molecule has 0 bridgehead atoms. The van der Waals surface area contributed by atoms with E-state index >= 15 is 0 Å². The lowest BCUT2D eigenvalue weighted by Crippen LogP contribution is -2.30. The second-order valence-corrected chi connectivity index (χ2v) is 19.2. The summed E-state index contributed by atoms with van der Waals surface area (Å²) in [7, 11) is 0. The fourth-order valence-corrected chi connectivity index (χ4v) is 7.58. The van der Waals surface area contributed by atoms with Gasteiger partial charge in [0, 0.05) is 19.3 Å². The summed E-state index contributed by atoms with van der Waals surface area (Å²) in [6.45, 7) is 6.38. The molecular formula is C68H108O6. The van der Waals surface area contributed by atoms with E-state index in [1.807, 2.05) is 0 Å². The largest absolute Gasteiger partial charge is 0.462 e. The minimum atomic E-state index is -0.808. The number of allylic oxidation sites excluding steroid dienone is 24. The van der Waals surface area contributed by atoms with Crippen LogP contribution in [0.3, 0.4) is 0 Å². The normalized spacial score (nSPS) is 13.2. The van der Waals surface area contributed by atoms with Gasteiger partial charge in [0.1, 0.15) is 13.2 Å². The Morgan fingerprint density at radius 3 is 0.919 bits per heavy atom. The summed E-state index contributed by atoms with van der Waals surface area (Å²) in [5, 5.41) is 0. The van der Waals surface area contributed by atoms with Gasteiger partial charge in [-0.1, -0.05) is 231 Å². The van der Waals surface area contributed by atoms with Crippen LogP contribution in [0.25, 0.3) is 0 Å². The highest BCUT2D eigenvalue weighted by Crippen LogP contribution is 2.13. The molecule has 0 aromatic rings. The predicted molar refractivity (Wildman–Crippen MR) is 320 cm³/mol. The third-order valence-electron chi connectivity index (χ3n) is 12.0. The lowest BCUT2D eigenvalue weighted by atomic mass is 10.1. The summed E-state index contributed by atoms with van der Waals surface area (Å²) in [5.74, 6) is -0.976. The van der Waals surface area contributed by atoms with E-state index in [2.05, 4.69) is 167 Å². The van der Waals surface area contributed by atoms with Crippen molar-refractivity contribution < 1.29 is 28.6 Å². The maximum atomic E-state index is 12.8. The molecule has 0 aromatic carbocycles. The van der Waals surface area contributed by atoms with Crippen molar-refractivity contribution in [1.29, 1.82) is 0 Å². The zero-order chi connectivity index (χ0) is 53.6. The van der Waals surface area contributed by atoms with Gasteiger partial charge >= 0.3 is 17.9 Å². The summed E-state index contributed by atoms with van der Waals surface area (Å²) in [6, 6.07) is 0. The lowest BCUT2D eigenvalue weighted by molar-refractivity contribution is -0.167. The van der Waals surface area contributed by atoms with Crippen molar-refractivity contribution in [1.82, 2.24) is 0 Å². The topological polar surface area (TPSA) is 78.9 Å². The van der Waals surface area contributed by atoms with Crippen molar-refractivity contribution in [2.75, 3.05) is 13.2 Å². The van der Waals surface area contributed by atoms with Crippen LogP contribution >= 0.6 is 0 Å². The highest BCUT2D eigenvalue weighted by molar-refractivity contribution is 5.71. The van der Waals surface area contributed by atoms with Gasteiger partial charge < -0.3 is 14.2 Å². The van der Waals surface area contributed by atoms with Gasteiger partial charge in [-0.25, -0.2) is 0 Å². The Morgan fingerprint density at radius 2 is 0.554 bits per heavy atom. The first-order valence-corrected chi connectivity index (χ1v) is 29.8. The van der Waals surface area contributed by atoms with Crippen LogP contribution in [0.15, 0.2) is 146 Å². The van der Waals surface area contributed by atoms with E-state index < -0.39 is 6.10 Å². The van der Waals surface area contributed by atoms with Crippen molar-refractivity contribution in [3.8, 4) is 0 Å². The Labute approximate surface area is 455 Å². The SMILES string of the molecule is CC/C=C\C/C=C\C/C=C\C/C=C\C/C=C\C/C=C\C/C=C\C/C=C\C/C=C\C/C=C\CCCCC(=O)OCC(COC(=O)CCCCCCC/C=C\CCC)OC(=O)CCCCCCC/C=C\CCCCCC. The molecule has 6 heteroatoms. The van der Waals surface area contributed by atoms with Gasteiger partial charge in [-0.05, 0) is 141 Å². The molecule has 0 N–H and O–H groups in total. The van der Waals surface area contributed by atoms with Crippen LogP contribution in [-0.4, -0.2) is 37.2 Å². The molecule has 0 rings (SSSR count). The van der Waals surface area contributed by atoms with E-state index in [9.17, 15) is 14.4 Å². The Hall–Kier alpha value is -4.71. The highest BCUT2D eigenvalue weighted by Gasteiger charge is 2.19. The Balaban J connectivity index is 4.32. The van der Waals surface area contributed by atoms with Crippen molar-refractivity contribution in [3.05, 3.63) is 146 Å². The summed E-state index contributed by atoms with van der Waals surface area (Å²) in [5.41, 5.74) is 0. The summed E-state index contributed by atoms with van der Waals surface area (Å²) in [4.78, 5) is 38.0. The van der Waals surface area contributed by atoms with E-state index in [-0.39, 0.29) is 31.1 Å². The molecule has 0 saturated carbocycles. The van der Waals surface area contributed by atoms with Gasteiger partial charge in [0.05, 0.1) is 0 Å². The van der Waals surface area contributed by atoms with Crippen LogP contribution in [0.5, 0.6) is 0 Å². The summed E-state index contributed by atoms with van der Waals surface area (Å²) in [6.07, 6.45) is 87.2. The third-order valence-corrected chi connectivity index (χ3v) is 12.0. The minimum Gasteiger partial charge on any atom is -0.462 e. The van der Waals surface area contributed by atoms with Gasteiger partial charge in [-0.2, -0.15) is 0 Å². The fourth-order valence-electron chi connectivity index (χ4n) is 7.58. The molecule has 0 saturated heterocycles. The standard InChI is InChI=1S/C68H108O6/c1-4-7-10-13-16-19-22-24-25-26-27-28-29-30-31-32-33-34-35-36-37-38-39-40-41-42-43-45-46-49-52-55-58-61-67(70)73-64-65(63-72-66(69)60-57-54-51-48-21-18-15-12-9-6-3)74-68(71)62-59-56-53-50-47-44-23-20-17-14-11-8-5-2/h7,10,12,15-16,19-20,23-25,27-28,30-31,33-34,36-37,39-40,42-43,46,49,65H,4-6,8-9,11,13-14,17-18,21-22,26,29,32,35,38,41,44-45,47-48,50-64H2,1-3H3/b10-7-,15-12-,19-16-,23-20-,25-24-,28-27-,31-30-,34-33-,37-36-,40-39-,43-42-,49-46-. The first-order chi connectivity index (χ1) is 36.5. The van der Waals surface area contributed by atoms with E-state index in [1.165, 1.54) is 51.4 Å². The number of rotatable bonds is 52. The first-order valence-electron chi connectivity index (χ1n) is 29.8. The summed E-state index contributed by atoms with van der Waals surface area (Å²) < 4.78 is 16.8. The quantitative estimate of drug-likeness (QED) is 0.0261. The summed E-state index contributed by atoms with van der Waals surface area (Å²) >= 11 is 0. The van der Waals surface area contributed by atoms with E-state index in [1.54, 1.807) is 0 Å². The zero-order valence-electron chi connectivity index (χ0n) is 47.5. The number of hydrogen-bond donors (Lipinski definition) is 0. The van der Waals surface area contributed by atoms with E-state index in [0.717, 1.165) is 148 Å². The number of esters is 3. The Bertz CT molecular complexity index is 1640. The molecule has 0 aliphatic rings. The van der Waals surface area contributed by atoms with Crippen LogP contribution in [0.1, 0.15) is 245 Å². The number of hydrogen-bond acceptors (Lipinski definition) is 6. The first kappa shape index (κ1) is 69.3. The molecule has 1 atom stereocenters. The smallest absolute Gasteiger partial charge is 0.306 e. The van der Waals surface area contributed by atoms with Gasteiger partial charge in [-0.3, -0.25) is 14.4 Å². The molecule has 0 heterocycles. The van der Waals surface area contributed by atoms with Crippen LogP contribution in [0.2, 0.25) is 0 Å². The number of carbonyl (C=O) groups is 3. The van der Waals surface area contributed by atoms with Crippen molar-refractivity contribution in [3.63, 3.8) is 0 Å². The number of ether oxygens (including phenoxy) is 3. The molecule has 0 aromatic heterocycles. The highest BCUT2D eigenvalue weighted by atomic mass is 16.6. The second-order valence-electron chi connectivity index (χ2n) is 19.2. The second kappa shape index (κ2) is 60.8. The van der Waals surface area contributed by atoms with Crippen LogP contribution in [-0.2, 0) is 28.6 Å². The molecule has 0 radical (unpaired) electrons. The molecule has 6 nitrogen and oxygen atoms in total. The van der Waals surface area contributed by atoms with E-state index in [4.69, 9.17) is 14.2 Å².